The first kappa shape index (κ1) is 20.0. The van der Waals surface area contributed by atoms with Crippen LogP contribution < -0.4 is 5.56 Å². The monoisotopic (exact) mass is 376 g/mol. The molecule has 0 spiro atoms. The Hall–Kier alpha value is -1.73. The van der Waals surface area contributed by atoms with E-state index in [0.717, 1.165) is 44.7 Å². The maximum Gasteiger partial charge on any atom is 0.253 e. The van der Waals surface area contributed by atoms with E-state index >= 15 is 0 Å². The van der Waals surface area contributed by atoms with Gasteiger partial charge in [-0.25, -0.2) is 4.98 Å². The summed E-state index contributed by atoms with van der Waals surface area (Å²) in [5, 5.41) is 0. The summed E-state index contributed by atoms with van der Waals surface area (Å²) in [6, 6.07) is 1.67. The van der Waals surface area contributed by atoms with Gasteiger partial charge in [0, 0.05) is 39.2 Å². The molecule has 150 valence electrons. The first-order chi connectivity index (χ1) is 12.9. The van der Waals surface area contributed by atoms with Gasteiger partial charge in [0.25, 0.3) is 5.56 Å². The fourth-order valence-electron chi connectivity index (χ4n) is 3.93. The van der Waals surface area contributed by atoms with Crippen molar-refractivity contribution in [2.75, 3.05) is 39.3 Å². The van der Waals surface area contributed by atoms with Crippen molar-refractivity contribution in [1.29, 1.82) is 0 Å². The summed E-state index contributed by atoms with van der Waals surface area (Å²) in [4.78, 5) is 32.6. The topological polar surface area (TPSA) is 67.7 Å². The fourth-order valence-corrected chi connectivity index (χ4v) is 3.93. The summed E-state index contributed by atoms with van der Waals surface area (Å²) in [6.45, 7) is 11.4. The maximum atomic E-state index is 12.3. The summed E-state index contributed by atoms with van der Waals surface area (Å²) in [5.74, 6) is 0.910. The summed E-state index contributed by atoms with van der Waals surface area (Å²) in [7, 11) is 0. The van der Waals surface area contributed by atoms with Gasteiger partial charge in [0.1, 0.15) is 0 Å². The Morgan fingerprint density at radius 3 is 2.63 bits per heavy atom. The molecule has 0 aromatic carbocycles. The molecule has 7 heteroatoms. The van der Waals surface area contributed by atoms with Gasteiger partial charge in [0.2, 0.25) is 5.91 Å². The molecule has 0 N–H and O–H groups in total. The molecule has 2 aliphatic heterocycles. The first-order valence-electron chi connectivity index (χ1n) is 10.1. The minimum atomic E-state index is 0.0519. The van der Waals surface area contributed by atoms with Crippen LogP contribution in [0, 0.1) is 5.92 Å². The van der Waals surface area contributed by atoms with E-state index in [1.54, 1.807) is 23.9 Å². The van der Waals surface area contributed by atoms with E-state index in [-0.39, 0.29) is 23.5 Å². The molecule has 1 amide bonds. The Labute approximate surface area is 161 Å². The van der Waals surface area contributed by atoms with Gasteiger partial charge in [-0.2, -0.15) is 0 Å². The minimum absolute atomic E-state index is 0.0519. The standard InChI is InChI=1S/C20H32N4O3/c1-15(2)19-10-20(26)24(14-21-19)11-17-4-6-22(7-5-17)12-18-13-23(16(3)25)8-9-27-18/h10,14-15,17-18H,4-9,11-13H2,1-3H3. The number of hydrogen-bond acceptors (Lipinski definition) is 5. The molecular formula is C20H32N4O3. The first-order valence-corrected chi connectivity index (χ1v) is 10.1. The highest BCUT2D eigenvalue weighted by Gasteiger charge is 2.26. The van der Waals surface area contributed by atoms with Crippen molar-refractivity contribution >= 4 is 5.91 Å². The Bertz CT molecular complexity index is 695. The minimum Gasteiger partial charge on any atom is -0.373 e. The van der Waals surface area contributed by atoms with E-state index in [2.05, 4.69) is 9.88 Å². The van der Waals surface area contributed by atoms with Gasteiger partial charge >= 0.3 is 0 Å². The van der Waals surface area contributed by atoms with Crippen LogP contribution in [-0.4, -0.2) is 70.7 Å². The molecule has 1 unspecified atom stereocenters. The molecule has 0 aliphatic carbocycles. The molecule has 0 radical (unpaired) electrons. The highest BCUT2D eigenvalue weighted by atomic mass is 16.5. The average molecular weight is 377 g/mol. The van der Waals surface area contributed by atoms with Crippen molar-refractivity contribution in [1.82, 2.24) is 19.4 Å². The lowest BCUT2D eigenvalue weighted by Gasteiger charge is -2.38. The molecule has 0 saturated carbocycles. The zero-order valence-corrected chi connectivity index (χ0v) is 16.8. The Balaban J connectivity index is 1.46. The van der Waals surface area contributed by atoms with Crippen LogP contribution in [0.4, 0.5) is 0 Å². The molecule has 2 saturated heterocycles. The third kappa shape index (κ3) is 5.39. The molecule has 3 rings (SSSR count). The fraction of sp³-hybridized carbons (Fsp3) is 0.750. The molecule has 1 aromatic heterocycles. The van der Waals surface area contributed by atoms with Crippen LogP contribution >= 0.6 is 0 Å². The van der Waals surface area contributed by atoms with E-state index in [1.165, 1.54) is 0 Å². The van der Waals surface area contributed by atoms with Crippen LogP contribution in [0.2, 0.25) is 0 Å². The smallest absolute Gasteiger partial charge is 0.253 e. The summed E-state index contributed by atoms with van der Waals surface area (Å²) >= 11 is 0. The predicted octanol–water partition coefficient (Wildman–Crippen LogP) is 1.33. The summed E-state index contributed by atoms with van der Waals surface area (Å²) in [5.41, 5.74) is 0.911. The van der Waals surface area contributed by atoms with Crippen molar-refractivity contribution in [3.05, 3.63) is 28.4 Å². The van der Waals surface area contributed by atoms with Crippen LogP contribution in [0.25, 0.3) is 0 Å². The normalized spacial score (nSPS) is 22.4. The molecule has 7 nitrogen and oxygen atoms in total. The molecular weight excluding hydrogens is 344 g/mol. The van der Waals surface area contributed by atoms with Gasteiger partial charge < -0.3 is 14.5 Å². The van der Waals surface area contributed by atoms with E-state index in [4.69, 9.17) is 4.74 Å². The van der Waals surface area contributed by atoms with Crippen LogP contribution in [0.5, 0.6) is 0 Å². The lowest BCUT2D eigenvalue weighted by Crippen LogP contribution is -2.50. The van der Waals surface area contributed by atoms with E-state index in [9.17, 15) is 9.59 Å². The lowest BCUT2D eigenvalue weighted by molar-refractivity contribution is -0.137. The Morgan fingerprint density at radius 1 is 1.26 bits per heavy atom. The number of aromatic nitrogens is 2. The van der Waals surface area contributed by atoms with Crippen LogP contribution in [0.1, 0.15) is 45.2 Å². The van der Waals surface area contributed by atoms with Crippen LogP contribution in [0.15, 0.2) is 17.2 Å². The largest absolute Gasteiger partial charge is 0.373 e. The number of nitrogens with zero attached hydrogens (tertiary/aromatic N) is 4. The number of carbonyl (C=O) groups excluding carboxylic acids is 1. The molecule has 1 atom stereocenters. The number of ether oxygens (including phenoxy) is 1. The number of hydrogen-bond donors (Lipinski definition) is 0. The van der Waals surface area contributed by atoms with Gasteiger partial charge in [0.15, 0.2) is 0 Å². The highest BCUT2D eigenvalue weighted by molar-refractivity contribution is 5.73. The molecule has 0 bridgehead atoms. The predicted molar refractivity (Wildman–Crippen MR) is 104 cm³/mol. The number of amides is 1. The van der Waals surface area contributed by atoms with E-state index < -0.39 is 0 Å². The van der Waals surface area contributed by atoms with Gasteiger partial charge in [-0.05, 0) is 37.8 Å². The SMILES string of the molecule is CC(=O)N1CCOC(CN2CCC(Cn3cnc(C(C)C)cc3=O)CC2)C1. The van der Waals surface area contributed by atoms with Gasteiger partial charge in [-0.3, -0.25) is 14.2 Å². The highest BCUT2D eigenvalue weighted by Crippen LogP contribution is 2.20. The number of morpholine rings is 1. The van der Waals surface area contributed by atoms with Crippen LogP contribution in [-0.2, 0) is 16.1 Å². The number of carbonyl (C=O) groups is 1. The zero-order chi connectivity index (χ0) is 19.4. The molecule has 1 aromatic rings. The van der Waals surface area contributed by atoms with Gasteiger partial charge in [0.05, 0.1) is 24.7 Å². The molecule has 2 fully saturated rings. The third-order valence-electron chi connectivity index (χ3n) is 5.70. The molecule has 3 heterocycles. The van der Waals surface area contributed by atoms with Crippen LogP contribution in [0.3, 0.4) is 0 Å². The van der Waals surface area contributed by atoms with Crippen molar-refractivity contribution in [2.24, 2.45) is 5.92 Å². The van der Waals surface area contributed by atoms with Gasteiger partial charge in [-0.15, -0.1) is 0 Å². The number of likely N-dealkylation sites (tertiary alicyclic amines) is 1. The third-order valence-corrected chi connectivity index (χ3v) is 5.70. The van der Waals surface area contributed by atoms with E-state index in [1.807, 2.05) is 18.7 Å². The molecule has 27 heavy (non-hydrogen) atoms. The van der Waals surface area contributed by atoms with Crippen molar-refractivity contribution in [2.45, 2.75) is 52.2 Å². The summed E-state index contributed by atoms with van der Waals surface area (Å²) in [6.07, 6.45) is 3.95. The number of rotatable bonds is 5. The zero-order valence-electron chi connectivity index (χ0n) is 16.8. The Kier molecular flexibility index (Phi) is 6.65. The maximum absolute atomic E-state index is 12.3. The Morgan fingerprint density at radius 2 is 2.00 bits per heavy atom. The quantitative estimate of drug-likeness (QED) is 0.775. The number of piperidine rings is 1. The average Bonchev–Trinajstić information content (AvgIpc) is 2.65. The second kappa shape index (κ2) is 8.97. The summed E-state index contributed by atoms with van der Waals surface area (Å²) < 4.78 is 7.59. The van der Waals surface area contributed by atoms with Crippen molar-refractivity contribution in [3.63, 3.8) is 0 Å². The van der Waals surface area contributed by atoms with Crippen molar-refractivity contribution in [3.8, 4) is 0 Å². The second-order valence-electron chi connectivity index (χ2n) is 8.16. The van der Waals surface area contributed by atoms with Crippen molar-refractivity contribution < 1.29 is 9.53 Å². The van der Waals surface area contributed by atoms with E-state index in [0.29, 0.717) is 25.6 Å². The second-order valence-corrected chi connectivity index (χ2v) is 8.16. The van der Waals surface area contributed by atoms with Gasteiger partial charge in [-0.1, -0.05) is 13.8 Å². The molecule has 2 aliphatic rings. The lowest BCUT2D eigenvalue weighted by atomic mass is 9.96.